The molecule has 0 aromatic carbocycles. The number of imidazole rings is 1. The lowest BCUT2D eigenvalue weighted by molar-refractivity contribution is 0.133. The monoisotopic (exact) mass is 182 g/mol. The van der Waals surface area contributed by atoms with Gasteiger partial charge in [0.05, 0.1) is 12.1 Å². The molecule has 0 bridgehead atoms. The molecule has 1 saturated carbocycles. The van der Waals surface area contributed by atoms with Gasteiger partial charge in [-0.05, 0) is 12.8 Å². The lowest BCUT2D eigenvalue weighted by atomic mass is 9.99. The molecule has 1 fully saturated rings. The van der Waals surface area contributed by atoms with Crippen molar-refractivity contribution < 1.29 is 5.11 Å². The molecule has 4 heteroatoms. The van der Waals surface area contributed by atoms with E-state index in [2.05, 4.69) is 4.98 Å². The molecule has 2 N–H and O–H groups in total. The summed E-state index contributed by atoms with van der Waals surface area (Å²) >= 11 is 0. The predicted molar refractivity (Wildman–Crippen MR) is 48.6 cm³/mol. The number of aliphatic hydroxyl groups is 1. The smallest absolute Gasteiger partial charge is 0.326 e. The van der Waals surface area contributed by atoms with E-state index in [9.17, 15) is 9.90 Å². The van der Waals surface area contributed by atoms with E-state index in [-0.39, 0.29) is 17.8 Å². The fraction of sp³-hybridized carbons (Fsp3) is 0.667. The van der Waals surface area contributed by atoms with Crippen LogP contribution in [0.25, 0.3) is 0 Å². The Morgan fingerprint density at radius 3 is 2.69 bits per heavy atom. The topological polar surface area (TPSA) is 58.0 Å². The quantitative estimate of drug-likeness (QED) is 0.697. The second-order valence-corrected chi connectivity index (χ2v) is 3.72. The SMILES string of the molecule is O=c1[nH]ccn1C1(CO)CCCC1. The van der Waals surface area contributed by atoms with E-state index in [0.29, 0.717) is 0 Å². The van der Waals surface area contributed by atoms with Gasteiger partial charge in [-0.2, -0.15) is 0 Å². The van der Waals surface area contributed by atoms with Crippen LogP contribution in [0.5, 0.6) is 0 Å². The Balaban J connectivity index is 2.42. The minimum absolute atomic E-state index is 0.0603. The van der Waals surface area contributed by atoms with Crippen LogP contribution in [0.15, 0.2) is 17.2 Å². The van der Waals surface area contributed by atoms with E-state index in [4.69, 9.17) is 0 Å². The molecule has 4 nitrogen and oxygen atoms in total. The van der Waals surface area contributed by atoms with Gasteiger partial charge in [-0.3, -0.25) is 4.57 Å². The summed E-state index contributed by atoms with van der Waals surface area (Å²) in [5, 5.41) is 9.34. The molecule has 0 atom stereocenters. The number of aromatic amines is 1. The number of nitrogens with zero attached hydrogens (tertiary/aromatic N) is 1. The molecule has 0 saturated heterocycles. The van der Waals surface area contributed by atoms with Crippen molar-refractivity contribution >= 4 is 0 Å². The molecule has 1 heterocycles. The standard InChI is InChI=1S/C9H14N2O2/c12-7-9(3-1-2-4-9)11-6-5-10-8(11)13/h5-6,12H,1-4,7H2,(H,10,13). The number of aliphatic hydroxyl groups excluding tert-OH is 1. The van der Waals surface area contributed by atoms with Crippen LogP contribution >= 0.6 is 0 Å². The maximum Gasteiger partial charge on any atom is 0.326 e. The molecule has 0 amide bonds. The normalized spacial score (nSPS) is 20.7. The van der Waals surface area contributed by atoms with Crippen molar-refractivity contribution in [2.75, 3.05) is 6.61 Å². The van der Waals surface area contributed by atoms with Crippen molar-refractivity contribution in [3.8, 4) is 0 Å². The van der Waals surface area contributed by atoms with Gasteiger partial charge in [0.25, 0.3) is 0 Å². The van der Waals surface area contributed by atoms with Gasteiger partial charge >= 0.3 is 5.69 Å². The van der Waals surface area contributed by atoms with Crippen molar-refractivity contribution in [1.82, 2.24) is 9.55 Å². The number of nitrogens with one attached hydrogen (secondary N) is 1. The summed E-state index contributed by atoms with van der Waals surface area (Å²) in [5.41, 5.74) is -0.437. The highest BCUT2D eigenvalue weighted by Gasteiger charge is 2.35. The molecule has 0 unspecified atom stereocenters. The van der Waals surface area contributed by atoms with E-state index in [1.807, 2.05) is 0 Å². The Kier molecular flexibility index (Phi) is 2.00. The van der Waals surface area contributed by atoms with Gasteiger partial charge in [0.2, 0.25) is 0 Å². The lowest BCUT2D eigenvalue weighted by Crippen LogP contribution is -2.40. The van der Waals surface area contributed by atoms with Gasteiger partial charge in [-0.25, -0.2) is 4.79 Å². The van der Waals surface area contributed by atoms with Crippen LogP contribution in [0.4, 0.5) is 0 Å². The third-order valence-electron chi connectivity index (χ3n) is 2.99. The third-order valence-corrected chi connectivity index (χ3v) is 2.99. The Morgan fingerprint density at radius 1 is 1.54 bits per heavy atom. The second-order valence-electron chi connectivity index (χ2n) is 3.72. The highest BCUT2D eigenvalue weighted by atomic mass is 16.3. The summed E-state index contributed by atoms with van der Waals surface area (Å²) < 4.78 is 1.64. The summed E-state index contributed by atoms with van der Waals surface area (Å²) in [6.07, 6.45) is 7.35. The maximum absolute atomic E-state index is 11.4. The van der Waals surface area contributed by atoms with Crippen molar-refractivity contribution in [2.24, 2.45) is 0 Å². The summed E-state index contributed by atoms with van der Waals surface area (Å²) in [6, 6.07) is 0. The van der Waals surface area contributed by atoms with Gasteiger partial charge in [0.15, 0.2) is 0 Å². The van der Waals surface area contributed by atoms with Crippen LogP contribution in [0.3, 0.4) is 0 Å². The average molecular weight is 182 g/mol. The predicted octanol–water partition coefficient (Wildman–Crippen LogP) is 0.438. The molecule has 0 aliphatic heterocycles. The molecular formula is C9H14N2O2. The highest BCUT2D eigenvalue weighted by Crippen LogP contribution is 2.34. The first-order chi connectivity index (χ1) is 6.28. The van der Waals surface area contributed by atoms with Crippen LogP contribution in [0, 0.1) is 0 Å². The summed E-state index contributed by atoms with van der Waals surface area (Å²) in [5.74, 6) is 0. The zero-order valence-electron chi connectivity index (χ0n) is 7.49. The minimum Gasteiger partial charge on any atom is -0.394 e. The molecule has 1 aromatic rings. The van der Waals surface area contributed by atoms with E-state index in [1.165, 1.54) is 0 Å². The number of aromatic nitrogens is 2. The van der Waals surface area contributed by atoms with Gasteiger partial charge in [-0.1, -0.05) is 12.8 Å². The highest BCUT2D eigenvalue weighted by molar-refractivity contribution is 4.95. The molecule has 2 rings (SSSR count). The van der Waals surface area contributed by atoms with Gasteiger partial charge < -0.3 is 10.1 Å². The van der Waals surface area contributed by atoms with Gasteiger partial charge in [0.1, 0.15) is 0 Å². The third kappa shape index (κ3) is 1.21. The van der Waals surface area contributed by atoms with Crippen LogP contribution in [-0.4, -0.2) is 21.3 Å². The molecule has 1 aliphatic rings. The van der Waals surface area contributed by atoms with Gasteiger partial charge in [0, 0.05) is 12.4 Å². The van der Waals surface area contributed by atoms with Crippen LogP contribution in [0.1, 0.15) is 25.7 Å². The van der Waals surface area contributed by atoms with Crippen LogP contribution in [0.2, 0.25) is 0 Å². The molecule has 13 heavy (non-hydrogen) atoms. The van der Waals surface area contributed by atoms with E-state index >= 15 is 0 Å². The Hall–Kier alpha value is -1.03. The fourth-order valence-electron chi connectivity index (χ4n) is 2.20. The largest absolute Gasteiger partial charge is 0.394 e. The van der Waals surface area contributed by atoms with Crippen molar-refractivity contribution in [2.45, 2.75) is 31.2 Å². The lowest BCUT2D eigenvalue weighted by Gasteiger charge is -2.27. The van der Waals surface area contributed by atoms with Gasteiger partial charge in [-0.15, -0.1) is 0 Å². The average Bonchev–Trinajstić information content (AvgIpc) is 2.73. The fourth-order valence-corrected chi connectivity index (χ4v) is 2.20. The molecule has 1 aromatic heterocycles. The Morgan fingerprint density at radius 2 is 2.23 bits per heavy atom. The van der Waals surface area contributed by atoms with E-state index in [0.717, 1.165) is 25.7 Å². The van der Waals surface area contributed by atoms with Crippen molar-refractivity contribution in [3.05, 3.63) is 22.9 Å². The first-order valence-corrected chi connectivity index (χ1v) is 4.66. The number of rotatable bonds is 2. The zero-order chi connectivity index (χ0) is 9.31. The van der Waals surface area contributed by atoms with E-state index < -0.39 is 0 Å². The van der Waals surface area contributed by atoms with Crippen molar-refractivity contribution in [1.29, 1.82) is 0 Å². The first kappa shape index (κ1) is 8.56. The van der Waals surface area contributed by atoms with E-state index in [1.54, 1.807) is 17.0 Å². The van der Waals surface area contributed by atoms with Crippen molar-refractivity contribution in [3.63, 3.8) is 0 Å². The Labute approximate surface area is 76.2 Å². The molecular weight excluding hydrogens is 168 g/mol. The van der Waals surface area contributed by atoms with Crippen LogP contribution in [-0.2, 0) is 5.54 Å². The number of H-pyrrole nitrogens is 1. The first-order valence-electron chi connectivity index (χ1n) is 4.66. The molecule has 1 aliphatic carbocycles. The summed E-state index contributed by atoms with van der Waals surface area (Å²) in [4.78, 5) is 14.0. The van der Waals surface area contributed by atoms with Crippen LogP contribution < -0.4 is 5.69 Å². The zero-order valence-corrected chi connectivity index (χ0v) is 7.49. The summed E-state index contributed by atoms with van der Waals surface area (Å²) in [6.45, 7) is 0.0603. The summed E-state index contributed by atoms with van der Waals surface area (Å²) in [7, 11) is 0. The molecule has 72 valence electrons. The minimum atomic E-state index is -0.322. The Bertz CT molecular complexity index is 333. The molecule has 0 radical (unpaired) electrons. The maximum atomic E-state index is 11.4. The molecule has 0 spiro atoms. The number of hydrogen-bond donors (Lipinski definition) is 2. The number of hydrogen-bond acceptors (Lipinski definition) is 2. The second kappa shape index (κ2) is 3.03.